The van der Waals surface area contributed by atoms with Gasteiger partial charge in [-0.1, -0.05) is 18.2 Å². The number of rotatable bonds is 5. The number of thioether (sulfide) groups is 1. The van der Waals surface area contributed by atoms with E-state index in [1.807, 2.05) is 30.0 Å². The molecule has 2 aromatic heterocycles. The van der Waals surface area contributed by atoms with E-state index in [4.69, 9.17) is 4.98 Å². The van der Waals surface area contributed by atoms with E-state index >= 15 is 0 Å². The number of hydrogen-bond acceptors (Lipinski definition) is 6. The molecule has 0 unspecified atom stereocenters. The Morgan fingerprint density at radius 3 is 2.69 bits per heavy atom. The number of fused-ring (bicyclic) bond motifs is 3. The van der Waals surface area contributed by atoms with Gasteiger partial charge in [0, 0.05) is 36.7 Å². The summed E-state index contributed by atoms with van der Waals surface area (Å²) in [4.78, 5) is 39.9. The van der Waals surface area contributed by atoms with Crippen LogP contribution in [-0.2, 0) is 23.4 Å². The molecule has 6 nitrogen and oxygen atoms in total. The normalized spacial score (nSPS) is 17.4. The van der Waals surface area contributed by atoms with Crippen LogP contribution in [0.4, 0.5) is 5.69 Å². The topological polar surface area (TPSA) is 69.3 Å². The number of carbonyl (C=O) groups excluding carboxylic acids is 1. The molecule has 1 fully saturated rings. The molecule has 8 heteroatoms. The van der Waals surface area contributed by atoms with Crippen molar-refractivity contribution in [3.05, 3.63) is 57.0 Å². The monoisotopic (exact) mass is 468 g/mol. The summed E-state index contributed by atoms with van der Waals surface area (Å²) in [6.07, 6.45) is 4.38. The standard InChI is InChI=1S/C24H28N4O2S2/c1-16(24(30)28-13-11-27(12-14-28)17-7-3-2-4-8-17)31-15-20-25-22(29)21-18-9-5-6-10-19(18)32-23(21)26-20/h2-4,7-8,16H,5-6,9-15H2,1H3,(H,25,26,29)/t16-/m1/s1. The largest absolute Gasteiger partial charge is 0.368 e. The van der Waals surface area contributed by atoms with E-state index in [1.165, 1.54) is 22.5 Å². The van der Waals surface area contributed by atoms with Crippen LogP contribution >= 0.6 is 23.1 Å². The summed E-state index contributed by atoms with van der Waals surface area (Å²) in [6.45, 7) is 5.13. The first-order chi connectivity index (χ1) is 15.6. The smallest absolute Gasteiger partial charge is 0.259 e. The Labute approximate surface area is 196 Å². The second-order valence-corrected chi connectivity index (χ2v) is 10.9. The molecular weight excluding hydrogens is 440 g/mol. The SMILES string of the molecule is C[C@@H](SCc1nc2sc3c(c2c(=O)[nH]1)CCCC3)C(=O)N1CCN(c2ccccc2)CC1. The van der Waals surface area contributed by atoms with Crippen LogP contribution in [0.5, 0.6) is 0 Å². The Balaban J connectivity index is 1.19. The first kappa shape index (κ1) is 21.5. The molecule has 1 aliphatic heterocycles. The zero-order chi connectivity index (χ0) is 22.1. The van der Waals surface area contributed by atoms with Crippen LogP contribution in [0, 0.1) is 0 Å². The molecule has 3 aromatic rings. The van der Waals surface area contributed by atoms with E-state index in [0.717, 1.165) is 55.7 Å². The first-order valence-corrected chi connectivity index (χ1v) is 13.2. The molecule has 1 aliphatic carbocycles. The fourth-order valence-electron chi connectivity index (χ4n) is 4.63. The lowest BCUT2D eigenvalue weighted by Crippen LogP contribution is -2.50. The second kappa shape index (κ2) is 9.27. The molecule has 3 heterocycles. The number of H-pyrrole nitrogens is 1. The number of anilines is 1. The molecule has 168 valence electrons. The minimum absolute atomic E-state index is 0.0268. The van der Waals surface area contributed by atoms with Crippen LogP contribution in [-0.4, -0.2) is 52.2 Å². The second-order valence-electron chi connectivity index (χ2n) is 8.50. The van der Waals surface area contributed by atoms with Crippen LogP contribution in [0.2, 0.25) is 0 Å². The molecule has 0 radical (unpaired) electrons. The van der Waals surface area contributed by atoms with Crippen molar-refractivity contribution in [3.63, 3.8) is 0 Å². The highest BCUT2D eigenvalue weighted by Crippen LogP contribution is 2.33. The van der Waals surface area contributed by atoms with Gasteiger partial charge in [0.25, 0.3) is 5.56 Å². The van der Waals surface area contributed by atoms with Crippen molar-refractivity contribution in [1.82, 2.24) is 14.9 Å². The number of para-hydroxylation sites is 1. The summed E-state index contributed by atoms with van der Waals surface area (Å²) < 4.78 is 0. The predicted molar refractivity (Wildman–Crippen MR) is 133 cm³/mol. The van der Waals surface area contributed by atoms with E-state index < -0.39 is 0 Å². The number of carbonyl (C=O) groups is 1. The minimum atomic E-state index is -0.171. The molecule has 1 N–H and O–H groups in total. The van der Waals surface area contributed by atoms with Crippen LogP contribution in [0.15, 0.2) is 35.1 Å². The van der Waals surface area contributed by atoms with Gasteiger partial charge in [0.15, 0.2) is 0 Å². The van der Waals surface area contributed by atoms with Crippen molar-refractivity contribution < 1.29 is 4.79 Å². The maximum Gasteiger partial charge on any atom is 0.259 e. The molecule has 32 heavy (non-hydrogen) atoms. The van der Waals surface area contributed by atoms with Crippen molar-refractivity contribution >= 4 is 44.9 Å². The molecule has 2 aliphatic rings. The number of benzene rings is 1. The number of aromatic nitrogens is 2. The highest BCUT2D eigenvalue weighted by Gasteiger charge is 2.26. The Hall–Kier alpha value is -2.32. The van der Waals surface area contributed by atoms with Crippen LogP contribution in [0.1, 0.15) is 36.0 Å². The fraction of sp³-hybridized carbons (Fsp3) is 0.458. The number of nitrogens with zero attached hydrogens (tertiary/aromatic N) is 3. The average Bonchev–Trinajstić information content (AvgIpc) is 3.21. The Morgan fingerprint density at radius 1 is 1.16 bits per heavy atom. The van der Waals surface area contributed by atoms with Gasteiger partial charge in [-0.25, -0.2) is 4.98 Å². The number of nitrogens with one attached hydrogen (secondary N) is 1. The zero-order valence-electron chi connectivity index (χ0n) is 18.3. The number of hydrogen-bond donors (Lipinski definition) is 1. The van der Waals surface area contributed by atoms with Crippen LogP contribution in [0.3, 0.4) is 0 Å². The maximum atomic E-state index is 13.0. The maximum absolute atomic E-state index is 13.0. The van der Waals surface area contributed by atoms with Gasteiger partial charge in [0.05, 0.1) is 16.4 Å². The molecule has 1 atom stereocenters. The Bertz CT molecular complexity index is 1170. The third-order valence-corrected chi connectivity index (χ3v) is 8.73. The van der Waals surface area contributed by atoms with Crippen molar-refractivity contribution in [1.29, 1.82) is 0 Å². The van der Waals surface area contributed by atoms with E-state index in [2.05, 4.69) is 22.0 Å². The van der Waals surface area contributed by atoms with Gasteiger partial charge < -0.3 is 14.8 Å². The number of amides is 1. The van der Waals surface area contributed by atoms with Gasteiger partial charge in [0.2, 0.25) is 5.91 Å². The third-order valence-electron chi connectivity index (χ3n) is 6.40. The van der Waals surface area contributed by atoms with Crippen molar-refractivity contribution in [2.75, 3.05) is 31.1 Å². The fourth-order valence-corrected chi connectivity index (χ4v) is 6.75. The Kier molecular flexibility index (Phi) is 6.24. The molecule has 0 spiro atoms. The Morgan fingerprint density at radius 2 is 1.91 bits per heavy atom. The summed E-state index contributed by atoms with van der Waals surface area (Å²) in [7, 11) is 0. The lowest BCUT2D eigenvalue weighted by atomic mass is 9.97. The summed E-state index contributed by atoms with van der Waals surface area (Å²) in [5.41, 5.74) is 2.39. The van der Waals surface area contributed by atoms with Crippen molar-refractivity contribution in [3.8, 4) is 0 Å². The summed E-state index contributed by atoms with van der Waals surface area (Å²) in [6, 6.07) is 10.4. The molecular formula is C24H28N4O2S2. The van der Waals surface area contributed by atoms with Crippen LogP contribution in [0.25, 0.3) is 10.2 Å². The summed E-state index contributed by atoms with van der Waals surface area (Å²) >= 11 is 3.22. The quantitative estimate of drug-likeness (QED) is 0.616. The number of aromatic amines is 1. The van der Waals surface area contributed by atoms with Gasteiger partial charge in [0.1, 0.15) is 10.7 Å². The van der Waals surface area contributed by atoms with Gasteiger partial charge in [-0.2, -0.15) is 0 Å². The van der Waals surface area contributed by atoms with Gasteiger partial charge in [-0.05, 0) is 50.3 Å². The number of aryl methyl sites for hydroxylation is 2. The van der Waals surface area contributed by atoms with Crippen LogP contribution < -0.4 is 10.5 Å². The van der Waals surface area contributed by atoms with Gasteiger partial charge in [-0.3, -0.25) is 9.59 Å². The van der Waals surface area contributed by atoms with E-state index in [9.17, 15) is 9.59 Å². The first-order valence-electron chi connectivity index (χ1n) is 11.3. The molecule has 1 saturated heterocycles. The summed E-state index contributed by atoms with van der Waals surface area (Å²) in [5, 5.41) is 0.620. The third kappa shape index (κ3) is 4.30. The molecule has 1 aromatic carbocycles. The molecule has 0 bridgehead atoms. The molecule has 5 rings (SSSR count). The predicted octanol–water partition coefficient (Wildman–Crippen LogP) is 3.83. The van der Waals surface area contributed by atoms with Gasteiger partial charge >= 0.3 is 0 Å². The number of thiophene rings is 1. The lowest BCUT2D eigenvalue weighted by Gasteiger charge is -2.37. The highest BCUT2D eigenvalue weighted by atomic mass is 32.2. The molecule has 0 saturated carbocycles. The molecule has 1 amide bonds. The van der Waals surface area contributed by atoms with E-state index in [1.54, 1.807) is 23.1 Å². The van der Waals surface area contributed by atoms with Crippen molar-refractivity contribution in [2.45, 2.75) is 43.6 Å². The van der Waals surface area contributed by atoms with Gasteiger partial charge in [-0.15, -0.1) is 23.1 Å². The minimum Gasteiger partial charge on any atom is -0.368 e. The summed E-state index contributed by atoms with van der Waals surface area (Å²) in [5.74, 6) is 1.36. The van der Waals surface area contributed by atoms with E-state index in [-0.39, 0.29) is 16.7 Å². The average molecular weight is 469 g/mol. The van der Waals surface area contributed by atoms with Crippen molar-refractivity contribution in [2.24, 2.45) is 0 Å². The zero-order valence-corrected chi connectivity index (χ0v) is 19.9. The highest BCUT2D eigenvalue weighted by molar-refractivity contribution is 7.99. The number of piperazine rings is 1. The van der Waals surface area contributed by atoms with E-state index in [0.29, 0.717) is 11.6 Å². The lowest BCUT2D eigenvalue weighted by molar-refractivity contribution is -0.130.